The Kier molecular flexibility index (Phi) is 5.43. The van der Waals surface area contributed by atoms with Crippen molar-refractivity contribution in [2.24, 2.45) is 5.10 Å². The van der Waals surface area contributed by atoms with Crippen molar-refractivity contribution in [3.05, 3.63) is 89.7 Å². The number of fused-ring (bicyclic) bond motifs is 1. The number of unbranched alkanes of at least 4 members (excludes halogenated alkanes) is 1. The quantitative estimate of drug-likeness (QED) is 0.634. The average molecular weight is 383 g/mol. The molecular weight excluding hydrogens is 358 g/mol. The molecule has 146 valence electrons. The van der Waals surface area contributed by atoms with Crippen LogP contribution in [0.5, 0.6) is 0 Å². The summed E-state index contributed by atoms with van der Waals surface area (Å²) < 4.78 is 0. The lowest BCUT2D eigenvalue weighted by atomic mass is 10.0. The van der Waals surface area contributed by atoms with E-state index < -0.39 is 0 Å². The van der Waals surface area contributed by atoms with Gasteiger partial charge >= 0.3 is 0 Å². The molecule has 29 heavy (non-hydrogen) atoms. The molecule has 0 unspecified atom stereocenters. The van der Waals surface area contributed by atoms with Crippen molar-refractivity contribution in [3.63, 3.8) is 0 Å². The largest absolute Gasteiger partial charge is 0.341 e. The van der Waals surface area contributed by atoms with E-state index >= 15 is 0 Å². The van der Waals surface area contributed by atoms with Crippen LogP contribution in [0.1, 0.15) is 32.3 Å². The second kappa shape index (κ2) is 8.31. The van der Waals surface area contributed by atoms with E-state index in [0.717, 1.165) is 36.5 Å². The maximum Gasteiger partial charge on any atom is 0.280 e. The Bertz CT molecular complexity index is 1030. The summed E-state index contributed by atoms with van der Waals surface area (Å²) >= 11 is 0. The number of benzene rings is 2. The first kappa shape index (κ1) is 18.9. The van der Waals surface area contributed by atoms with Gasteiger partial charge in [-0.15, -0.1) is 0 Å². The van der Waals surface area contributed by atoms with Gasteiger partial charge in [-0.1, -0.05) is 55.8 Å². The number of para-hydroxylation sites is 2. The highest BCUT2D eigenvalue weighted by Crippen LogP contribution is 2.31. The van der Waals surface area contributed by atoms with E-state index in [9.17, 15) is 4.79 Å². The topological polar surface area (TPSA) is 35.9 Å². The van der Waals surface area contributed by atoms with Crippen molar-refractivity contribution in [2.75, 3.05) is 16.5 Å². The van der Waals surface area contributed by atoms with Crippen molar-refractivity contribution in [2.45, 2.75) is 26.7 Å². The number of carbonyl (C=O) groups is 1. The number of hydrazone groups is 1. The summed E-state index contributed by atoms with van der Waals surface area (Å²) in [5.74, 6) is -0.0918. The third kappa shape index (κ3) is 3.79. The molecule has 2 aromatic rings. The van der Waals surface area contributed by atoms with Gasteiger partial charge in [0.25, 0.3) is 5.91 Å². The molecule has 2 aliphatic heterocycles. The number of anilines is 2. The number of hydrogen-bond acceptors (Lipinski definition) is 3. The molecular formula is C25H25N3O. The zero-order valence-electron chi connectivity index (χ0n) is 16.9. The fraction of sp³-hybridized carbons (Fsp3) is 0.200. The Morgan fingerprint density at radius 1 is 0.966 bits per heavy atom. The third-order valence-corrected chi connectivity index (χ3v) is 5.19. The van der Waals surface area contributed by atoms with Gasteiger partial charge in [-0.3, -0.25) is 4.79 Å². The highest BCUT2D eigenvalue weighted by molar-refractivity contribution is 6.29. The summed E-state index contributed by atoms with van der Waals surface area (Å²) in [7, 11) is 0. The standard InChI is InChI=1S/C25H25N3O/c1-3-4-18-27-21(15-14-20-10-8-9-13-24(20)27)16-17-23-19(2)26-28(25(23)29)22-11-6-5-7-12-22/h5-17H,3-4,18H2,1-2H3/b21-16+,23-17+. The second-order valence-corrected chi connectivity index (χ2v) is 7.21. The molecule has 0 radical (unpaired) electrons. The fourth-order valence-corrected chi connectivity index (χ4v) is 3.61. The number of carbonyl (C=O) groups excluding carboxylic acids is 1. The van der Waals surface area contributed by atoms with E-state index in [1.807, 2.05) is 49.4 Å². The van der Waals surface area contributed by atoms with Crippen molar-refractivity contribution < 1.29 is 4.79 Å². The summed E-state index contributed by atoms with van der Waals surface area (Å²) in [4.78, 5) is 15.3. The molecule has 0 saturated carbocycles. The first-order valence-corrected chi connectivity index (χ1v) is 10.1. The molecule has 4 heteroatoms. The summed E-state index contributed by atoms with van der Waals surface area (Å²) in [6, 6.07) is 18.0. The number of allylic oxidation sites excluding steroid dienone is 3. The van der Waals surface area contributed by atoms with Gasteiger partial charge in [0.2, 0.25) is 0 Å². The van der Waals surface area contributed by atoms with Crippen LogP contribution in [0.25, 0.3) is 6.08 Å². The average Bonchev–Trinajstić information content (AvgIpc) is 3.05. The maximum absolute atomic E-state index is 12.9. The summed E-state index contributed by atoms with van der Waals surface area (Å²) in [5.41, 5.74) is 5.66. The molecule has 4 rings (SSSR count). The summed E-state index contributed by atoms with van der Waals surface area (Å²) in [5, 5.41) is 5.93. The van der Waals surface area contributed by atoms with Gasteiger partial charge in [-0.25, -0.2) is 0 Å². The second-order valence-electron chi connectivity index (χ2n) is 7.21. The normalized spacial score (nSPS) is 18.6. The lowest BCUT2D eigenvalue weighted by Gasteiger charge is -2.30. The molecule has 0 bridgehead atoms. The van der Waals surface area contributed by atoms with Gasteiger partial charge in [0.1, 0.15) is 0 Å². The summed E-state index contributed by atoms with van der Waals surface area (Å²) in [6.07, 6.45) is 10.4. The minimum Gasteiger partial charge on any atom is -0.341 e. The molecule has 2 aliphatic rings. The molecule has 0 atom stereocenters. The Hall–Kier alpha value is -3.40. The molecule has 0 saturated heterocycles. The number of nitrogens with zero attached hydrogens (tertiary/aromatic N) is 3. The predicted octanol–water partition coefficient (Wildman–Crippen LogP) is 5.55. The van der Waals surface area contributed by atoms with Crippen molar-refractivity contribution >= 4 is 29.1 Å². The van der Waals surface area contributed by atoms with Gasteiger partial charge in [-0.05, 0) is 55.3 Å². The molecule has 0 N–H and O–H groups in total. The van der Waals surface area contributed by atoms with Crippen LogP contribution >= 0.6 is 0 Å². The zero-order chi connectivity index (χ0) is 20.2. The van der Waals surface area contributed by atoms with Crippen LogP contribution in [-0.4, -0.2) is 18.2 Å². The van der Waals surface area contributed by atoms with Gasteiger partial charge < -0.3 is 4.90 Å². The molecule has 0 aromatic heterocycles. The molecule has 0 aliphatic carbocycles. The lowest BCUT2D eigenvalue weighted by molar-refractivity contribution is -0.114. The minimum absolute atomic E-state index is 0.0918. The zero-order valence-corrected chi connectivity index (χ0v) is 16.9. The molecule has 2 heterocycles. The van der Waals surface area contributed by atoms with Crippen molar-refractivity contribution in [1.82, 2.24) is 0 Å². The van der Waals surface area contributed by atoms with Gasteiger partial charge in [0, 0.05) is 17.9 Å². The monoisotopic (exact) mass is 383 g/mol. The van der Waals surface area contributed by atoms with Gasteiger partial charge in [-0.2, -0.15) is 10.1 Å². The van der Waals surface area contributed by atoms with Crippen LogP contribution in [0.2, 0.25) is 0 Å². The minimum atomic E-state index is -0.0918. The Morgan fingerprint density at radius 3 is 2.52 bits per heavy atom. The SMILES string of the molecule is CCCCN1/C(=C/C=C2/C(=O)N(c3ccccc3)N=C2C)C=Cc2ccccc21. The number of rotatable bonds is 5. The van der Waals surface area contributed by atoms with E-state index in [-0.39, 0.29) is 5.91 Å². The highest BCUT2D eigenvalue weighted by Gasteiger charge is 2.28. The fourth-order valence-electron chi connectivity index (χ4n) is 3.61. The summed E-state index contributed by atoms with van der Waals surface area (Å²) in [6.45, 7) is 5.03. The van der Waals surface area contributed by atoms with Crippen LogP contribution in [-0.2, 0) is 4.79 Å². The Balaban J connectivity index is 1.64. The van der Waals surface area contributed by atoms with E-state index in [1.165, 1.54) is 16.3 Å². The van der Waals surface area contributed by atoms with E-state index in [0.29, 0.717) is 5.57 Å². The van der Waals surface area contributed by atoms with Crippen molar-refractivity contribution in [1.29, 1.82) is 0 Å². The van der Waals surface area contributed by atoms with Gasteiger partial charge in [0.05, 0.1) is 17.0 Å². The number of hydrogen-bond donors (Lipinski definition) is 0. The Morgan fingerprint density at radius 2 is 1.72 bits per heavy atom. The van der Waals surface area contributed by atoms with Crippen LogP contribution in [0.15, 0.2) is 89.2 Å². The first-order valence-electron chi connectivity index (χ1n) is 10.1. The predicted molar refractivity (Wildman–Crippen MR) is 121 cm³/mol. The molecule has 4 nitrogen and oxygen atoms in total. The molecule has 2 aromatic carbocycles. The number of amides is 1. The smallest absolute Gasteiger partial charge is 0.280 e. The Labute approximate surface area is 172 Å². The molecule has 0 spiro atoms. The maximum atomic E-state index is 12.9. The highest BCUT2D eigenvalue weighted by atomic mass is 16.2. The van der Waals surface area contributed by atoms with Crippen LogP contribution in [0.4, 0.5) is 11.4 Å². The molecule has 0 fully saturated rings. The van der Waals surface area contributed by atoms with E-state index in [2.05, 4.69) is 53.3 Å². The van der Waals surface area contributed by atoms with Crippen LogP contribution < -0.4 is 9.91 Å². The van der Waals surface area contributed by atoms with E-state index in [4.69, 9.17) is 0 Å². The van der Waals surface area contributed by atoms with Gasteiger partial charge in [0.15, 0.2) is 0 Å². The van der Waals surface area contributed by atoms with Crippen LogP contribution in [0, 0.1) is 0 Å². The van der Waals surface area contributed by atoms with Crippen LogP contribution in [0.3, 0.4) is 0 Å². The third-order valence-electron chi connectivity index (χ3n) is 5.19. The van der Waals surface area contributed by atoms with E-state index in [1.54, 1.807) is 0 Å². The first-order chi connectivity index (χ1) is 14.2. The lowest BCUT2D eigenvalue weighted by Crippen LogP contribution is -2.25. The van der Waals surface area contributed by atoms with Crippen molar-refractivity contribution in [3.8, 4) is 0 Å². The molecule has 1 amide bonds.